The molecule has 0 saturated heterocycles. The van der Waals surface area contributed by atoms with E-state index in [1.54, 1.807) is 17.9 Å². The highest BCUT2D eigenvalue weighted by Gasteiger charge is 2.35. The van der Waals surface area contributed by atoms with Crippen LogP contribution in [0.2, 0.25) is 0 Å². The molecule has 0 aromatic heterocycles. The number of nitrogens with zero attached hydrogens (tertiary/aromatic N) is 2. The lowest BCUT2D eigenvalue weighted by molar-refractivity contribution is -0.111. The number of carbonyl (C=O) groups excluding carboxylic acids is 2. The number of rotatable bonds is 3. The van der Waals surface area contributed by atoms with Crippen LogP contribution in [0.3, 0.4) is 0 Å². The summed E-state index contributed by atoms with van der Waals surface area (Å²) < 4.78 is 0. The maximum absolute atomic E-state index is 12.7. The van der Waals surface area contributed by atoms with E-state index in [1.807, 2.05) is 48.5 Å². The number of anilines is 2. The van der Waals surface area contributed by atoms with Crippen molar-refractivity contribution in [3.8, 4) is 0 Å². The van der Waals surface area contributed by atoms with Crippen molar-refractivity contribution in [2.45, 2.75) is 6.92 Å². The van der Waals surface area contributed by atoms with Crippen molar-refractivity contribution in [1.29, 1.82) is 0 Å². The van der Waals surface area contributed by atoms with Gasteiger partial charge in [0.15, 0.2) is 5.71 Å². The molecule has 0 spiro atoms. The lowest BCUT2D eigenvalue weighted by Crippen LogP contribution is -2.27. The van der Waals surface area contributed by atoms with Crippen molar-refractivity contribution in [1.82, 2.24) is 5.32 Å². The molecule has 116 valence electrons. The number of oxime groups is 1. The molecule has 1 aliphatic heterocycles. The van der Waals surface area contributed by atoms with Crippen LogP contribution in [0.4, 0.5) is 16.2 Å². The van der Waals surface area contributed by atoms with E-state index < -0.39 is 6.09 Å². The zero-order chi connectivity index (χ0) is 16.2. The van der Waals surface area contributed by atoms with Crippen LogP contribution in [-0.4, -0.2) is 24.3 Å². The van der Waals surface area contributed by atoms with Gasteiger partial charge in [-0.2, -0.15) is 0 Å². The second-order valence-corrected chi connectivity index (χ2v) is 4.84. The molecule has 0 aliphatic carbocycles. The molecule has 0 unspecified atom stereocenters. The van der Waals surface area contributed by atoms with Gasteiger partial charge in [0.25, 0.3) is 5.91 Å². The summed E-state index contributed by atoms with van der Waals surface area (Å²) in [4.78, 5) is 30.4. The van der Waals surface area contributed by atoms with Gasteiger partial charge < -0.3 is 5.32 Å². The molecule has 1 N–H and O–H groups in total. The minimum atomic E-state index is -0.691. The predicted molar refractivity (Wildman–Crippen MR) is 86.7 cm³/mol. The number of amides is 2. The summed E-state index contributed by atoms with van der Waals surface area (Å²) in [6.45, 7) is 2.19. The van der Waals surface area contributed by atoms with Gasteiger partial charge in [-0.05, 0) is 25.1 Å². The van der Waals surface area contributed by atoms with Crippen LogP contribution in [0.1, 0.15) is 12.5 Å². The smallest absolute Gasteiger partial charge is 0.320 e. The molecule has 2 aromatic carbocycles. The molecule has 0 bridgehead atoms. The average molecular weight is 309 g/mol. The van der Waals surface area contributed by atoms with Gasteiger partial charge in [-0.1, -0.05) is 41.6 Å². The van der Waals surface area contributed by atoms with Crippen LogP contribution >= 0.6 is 0 Å². The normalized spacial score (nSPS) is 14.7. The van der Waals surface area contributed by atoms with Gasteiger partial charge in [0.05, 0.1) is 5.69 Å². The van der Waals surface area contributed by atoms with Crippen molar-refractivity contribution < 1.29 is 14.4 Å². The zero-order valence-corrected chi connectivity index (χ0v) is 12.5. The minimum absolute atomic E-state index is 0.107. The number of fused-ring (bicyclic) bond motifs is 1. The number of nitrogens with one attached hydrogen (secondary N) is 1. The quantitative estimate of drug-likeness (QED) is 0.700. The van der Waals surface area contributed by atoms with Crippen LogP contribution in [0, 0.1) is 0 Å². The highest BCUT2D eigenvalue weighted by Crippen LogP contribution is 2.35. The highest BCUT2D eigenvalue weighted by atomic mass is 16.7. The van der Waals surface area contributed by atoms with E-state index in [9.17, 15) is 9.59 Å². The molecular weight excluding hydrogens is 294 g/mol. The zero-order valence-electron chi connectivity index (χ0n) is 12.5. The third kappa shape index (κ3) is 2.78. The third-order valence-corrected chi connectivity index (χ3v) is 3.36. The van der Waals surface area contributed by atoms with E-state index >= 15 is 0 Å². The van der Waals surface area contributed by atoms with Crippen LogP contribution < -0.4 is 10.2 Å². The molecule has 1 heterocycles. The van der Waals surface area contributed by atoms with Gasteiger partial charge in [-0.15, -0.1) is 0 Å². The summed E-state index contributed by atoms with van der Waals surface area (Å²) in [6, 6.07) is 16.5. The topological polar surface area (TPSA) is 71.0 Å². The van der Waals surface area contributed by atoms with Gasteiger partial charge in [-0.25, -0.2) is 4.79 Å². The lowest BCUT2D eigenvalue weighted by atomic mass is 10.1. The molecule has 0 saturated carbocycles. The van der Waals surface area contributed by atoms with Crippen molar-refractivity contribution >= 4 is 29.1 Å². The molecule has 0 atom stereocenters. The first-order valence-electron chi connectivity index (χ1n) is 7.24. The number of carbonyl (C=O) groups is 2. The SMILES string of the molecule is CCNC(=O)O/N=C1\C(=O)N(c2ccccc2)c2ccccc21. The fourth-order valence-electron chi connectivity index (χ4n) is 2.38. The fraction of sp³-hybridized carbons (Fsp3) is 0.118. The van der Waals surface area contributed by atoms with Crippen molar-refractivity contribution in [2.24, 2.45) is 5.16 Å². The Morgan fingerprint density at radius 3 is 2.57 bits per heavy atom. The fourth-order valence-corrected chi connectivity index (χ4v) is 2.38. The van der Waals surface area contributed by atoms with Crippen LogP contribution in [0.5, 0.6) is 0 Å². The van der Waals surface area contributed by atoms with Gasteiger partial charge in [-0.3, -0.25) is 14.5 Å². The number of benzene rings is 2. The van der Waals surface area contributed by atoms with E-state index in [0.29, 0.717) is 17.8 Å². The largest absolute Gasteiger partial charge is 0.433 e. The molecule has 0 radical (unpaired) electrons. The first-order valence-corrected chi connectivity index (χ1v) is 7.24. The monoisotopic (exact) mass is 309 g/mol. The molecule has 23 heavy (non-hydrogen) atoms. The summed E-state index contributed by atoms with van der Waals surface area (Å²) in [5.41, 5.74) is 2.18. The van der Waals surface area contributed by atoms with Crippen molar-refractivity contribution in [2.75, 3.05) is 11.4 Å². The van der Waals surface area contributed by atoms with Gasteiger partial charge in [0, 0.05) is 17.8 Å². The second kappa shape index (κ2) is 6.31. The molecule has 6 nitrogen and oxygen atoms in total. The van der Waals surface area contributed by atoms with E-state index in [4.69, 9.17) is 4.84 Å². The van der Waals surface area contributed by atoms with Crippen LogP contribution in [0.25, 0.3) is 0 Å². The summed E-state index contributed by atoms with van der Waals surface area (Å²) in [5, 5.41) is 6.21. The van der Waals surface area contributed by atoms with E-state index in [1.165, 1.54) is 0 Å². The van der Waals surface area contributed by atoms with Crippen LogP contribution in [-0.2, 0) is 9.63 Å². The van der Waals surface area contributed by atoms with E-state index in [-0.39, 0.29) is 11.6 Å². The molecule has 0 fully saturated rings. The molecule has 2 amide bonds. The van der Waals surface area contributed by atoms with E-state index in [0.717, 1.165) is 5.69 Å². The Bertz CT molecular complexity index is 772. The molecule has 6 heteroatoms. The third-order valence-electron chi connectivity index (χ3n) is 3.36. The Morgan fingerprint density at radius 1 is 1.13 bits per heavy atom. The Hall–Kier alpha value is -3.15. The average Bonchev–Trinajstić information content (AvgIpc) is 2.85. The summed E-state index contributed by atoms with van der Waals surface area (Å²) in [6.07, 6.45) is -0.691. The van der Waals surface area contributed by atoms with Gasteiger partial charge in [0.1, 0.15) is 0 Å². The molecule has 2 aromatic rings. The van der Waals surface area contributed by atoms with Gasteiger partial charge >= 0.3 is 6.09 Å². The van der Waals surface area contributed by atoms with Crippen LogP contribution in [0.15, 0.2) is 59.8 Å². The first-order chi connectivity index (χ1) is 11.2. The molecule has 3 rings (SSSR count). The van der Waals surface area contributed by atoms with Gasteiger partial charge in [0.2, 0.25) is 0 Å². The molecule has 1 aliphatic rings. The Labute approximate surface area is 133 Å². The number of hydrogen-bond donors (Lipinski definition) is 1. The Balaban J connectivity index is 1.99. The summed E-state index contributed by atoms with van der Waals surface area (Å²) in [7, 11) is 0. The maximum atomic E-state index is 12.7. The van der Waals surface area contributed by atoms with Crippen molar-refractivity contribution in [3.63, 3.8) is 0 Å². The summed E-state index contributed by atoms with van der Waals surface area (Å²) >= 11 is 0. The first kappa shape index (κ1) is 14.8. The standard InChI is InChI=1S/C17H15N3O3/c1-2-18-17(22)23-19-15-13-10-6-7-11-14(13)20(16(15)21)12-8-4-3-5-9-12/h3-11H,2H2,1H3,(H,18,22)/b19-15-. The predicted octanol–water partition coefficient (Wildman–Crippen LogP) is 2.82. The number of para-hydroxylation sites is 2. The second-order valence-electron chi connectivity index (χ2n) is 4.84. The summed E-state index contributed by atoms with van der Waals surface area (Å²) in [5.74, 6) is -0.332. The lowest BCUT2D eigenvalue weighted by Gasteiger charge is -2.16. The highest BCUT2D eigenvalue weighted by molar-refractivity contribution is 6.55. The minimum Gasteiger partial charge on any atom is -0.320 e. The molecular formula is C17H15N3O3. The maximum Gasteiger partial charge on any atom is 0.433 e. The number of hydrogen-bond acceptors (Lipinski definition) is 4. The Kier molecular flexibility index (Phi) is 4.05. The Morgan fingerprint density at radius 2 is 1.83 bits per heavy atom. The van der Waals surface area contributed by atoms with Crippen molar-refractivity contribution in [3.05, 3.63) is 60.2 Å². The van der Waals surface area contributed by atoms with E-state index in [2.05, 4.69) is 10.5 Å².